The summed E-state index contributed by atoms with van der Waals surface area (Å²) >= 11 is 1.29. The Morgan fingerprint density at radius 3 is 2.37 bits per heavy atom. The number of Topliss-reactive ketones (excluding diaryl/α,β-unsaturated/α-hetero) is 1. The van der Waals surface area contributed by atoms with Crippen molar-refractivity contribution in [3.63, 3.8) is 0 Å². The van der Waals surface area contributed by atoms with Crippen LogP contribution in [0.4, 0.5) is 11.4 Å². The molecule has 41 heavy (non-hydrogen) atoms. The number of nitro groups is 1. The first-order chi connectivity index (χ1) is 19.9. The van der Waals surface area contributed by atoms with E-state index in [-0.39, 0.29) is 28.5 Å². The van der Waals surface area contributed by atoms with Crippen molar-refractivity contribution >= 4 is 46.8 Å². The molecule has 4 aromatic carbocycles. The number of para-hydroxylation sites is 2. The van der Waals surface area contributed by atoms with Crippen molar-refractivity contribution in [2.75, 3.05) is 18.2 Å². The zero-order valence-corrected chi connectivity index (χ0v) is 22.7. The summed E-state index contributed by atoms with van der Waals surface area (Å²) in [6, 6.07) is 28.1. The number of thioether (sulfide) groups is 1. The summed E-state index contributed by atoms with van der Waals surface area (Å²) in [6.07, 6.45) is 1.26. The monoisotopic (exact) mass is 567 g/mol. The highest BCUT2D eigenvalue weighted by molar-refractivity contribution is 8.00. The van der Waals surface area contributed by atoms with Crippen molar-refractivity contribution < 1.29 is 24.0 Å². The lowest BCUT2D eigenvalue weighted by Crippen LogP contribution is -2.30. The molecule has 0 radical (unpaired) electrons. The van der Waals surface area contributed by atoms with Crippen molar-refractivity contribution in [3.8, 4) is 5.75 Å². The average molecular weight is 568 g/mol. The van der Waals surface area contributed by atoms with Crippen LogP contribution in [0, 0.1) is 10.1 Å². The number of ketones is 1. The number of nitrogens with one attached hydrogen (secondary N) is 2. The average Bonchev–Trinajstić information content (AvgIpc) is 3.00. The number of hydrogen-bond donors (Lipinski definition) is 2. The van der Waals surface area contributed by atoms with Crippen molar-refractivity contribution in [3.05, 3.63) is 136 Å². The Hall–Kier alpha value is -5.22. The van der Waals surface area contributed by atoms with Gasteiger partial charge >= 0.3 is 0 Å². The van der Waals surface area contributed by atoms with Crippen molar-refractivity contribution in [2.45, 2.75) is 4.90 Å². The lowest BCUT2D eigenvalue weighted by atomic mass is 10.1. The SMILES string of the molecule is COc1ccccc1C(=O)CSc1cccc(NC(=O)/C(=C/c2ccccc2[N+](=O)[O-])NC(=O)c2ccccc2)c1. The van der Waals surface area contributed by atoms with Crippen LogP contribution in [-0.4, -0.2) is 35.4 Å². The maximum Gasteiger partial charge on any atom is 0.276 e. The van der Waals surface area contributed by atoms with Gasteiger partial charge in [-0.05, 0) is 54.6 Å². The fourth-order valence-corrected chi connectivity index (χ4v) is 4.68. The zero-order valence-electron chi connectivity index (χ0n) is 21.9. The van der Waals surface area contributed by atoms with E-state index >= 15 is 0 Å². The summed E-state index contributed by atoms with van der Waals surface area (Å²) in [4.78, 5) is 50.7. The highest BCUT2D eigenvalue weighted by Gasteiger charge is 2.19. The van der Waals surface area contributed by atoms with Gasteiger partial charge in [0.2, 0.25) is 0 Å². The third-order valence-corrected chi connectivity index (χ3v) is 6.83. The summed E-state index contributed by atoms with van der Waals surface area (Å²) < 4.78 is 5.27. The quantitative estimate of drug-likeness (QED) is 0.0749. The van der Waals surface area contributed by atoms with E-state index in [1.807, 2.05) is 0 Å². The molecule has 206 valence electrons. The summed E-state index contributed by atoms with van der Waals surface area (Å²) in [5, 5.41) is 16.8. The molecule has 9 nitrogen and oxygen atoms in total. The van der Waals surface area contributed by atoms with E-state index in [4.69, 9.17) is 4.74 Å². The second kappa shape index (κ2) is 13.7. The van der Waals surface area contributed by atoms with Crippen LogP contribution in [0.5, 0.6) is 5.75 Å². The van der Waals surface area contributed by atoms with Crippen molar-refractivity contribution in [1.82, 2.24) is 5.32 Å². The molecule has 0 aromatic heterocycles. The Balaban J connectivity index is 1.54. The van der Waals surface area contributed by atoms with Crippen LogP contribution in [0.1, 0.15) is 26.3 Å². The minimum Gasteiger partial charge on any atom is -0.496 e. The smallest absolute Gasteiger partial charge is 0.276 e. The van der Waals surface area contributed by atoms with E-state index in [1.165, 1.54) is 43.1 Å². The first kappa shape index (κ1) is 28.8. The predicted octanol–water partition coefficient (Wildman–Crippen LogP) is 5.99. The normalized spacial score (nSPS) is 10.9. The van der Waals surface area contributed by atoms with E-state index in [9.17, 15) is 24.5 Å². The van der Waals surface area contributed by atoms with Crippen molar-refractivity contribution in [1.29, 1.82) is 0 Å². The highest BCUT2D eigenvalue weighted by Crippen LogP contribution is 2.26. The van der Waals surface area contributed by atoms with Crippen LogP contribution in [-0.2, 0) is 4.79 Å². The van der Waals surface area contributed by atoms with E-state index in [0.717, 1.165) is 4.90 Å². The van der Waals surface area contributed by atoms with Gasteiger partial charge < -0.3 is 15.4 Å². The number of benzene rings is 4. The van der Waals surface area contributed by atoms with Gasteiger partial charge in [0, 0.05) is 22.2 Å². The number of nitrogens with zero attached hydrogens (tertiary/aromatic N) is 1. The summed E-state index contributed by atoms with van der Waals surface area (Å²) in [5.41, 5.74) is 0.947. The summed E-state index contributed by atoms with van der Waals surface area (Å²) in [5.74, 6) is -0.701. The number of amides is 2. The first-order valence-corrected chi connectivity index (χ1v) is 13.4. The lowest BCUT2D eigenvalue weighted by Gasteiger charge is -2.12. The molecule has 0 unspecified atom stereocenters. The molecule has 0 atom stereocenters. The van der Waals surface area contributed by atoms with E-state index in [2.05, 4.69) is 10.6 Å². The molecule has 0 saturated carbocycles. The third kappa shape index (κ3) is 7.68. The molecule has 10 heteroatoms. The number of ether oxygens (including phenoxy) is 1. The second-order valence-corrected chi connectivity index (χ2v) is 9.64. The summed E-state index contributed by atoms with van der Waals surface area (Å²) in [6.45, 7) is 0. The summed E-state index contributed by atoms with van der Waals surface area (Å²) in [7, 11) is 1.51. The number of methoxy groups -OCH3 is 1. The molecule has 4 rings (SSSR count). The minimum absolute atomic E-state index is 0.111. The lowest BCUT2D eigenvalue weighted by molar-refractivity contribution is -0.385. The van der Waals surface area contributed by atoms with E-state index in [0.29, 0.717) is 22.6 Å². The standard InChI is InChI=1S/C31H25N3O6S/c1-40-29-17-8-6-15-25(29)28(35)20-41-24-14-9-13-23(19-24)32-31(37)26(33-30(36)21-10-3-2-4-11-21)18-22-12-5-7-16-27(22)34(38)39/h2-19H,20H2,1H3,(H,32,37)(H,33,36)/b26-18-. The van der Waals surface area contributed by atoms with Crippen LogP contribution in [0.2, 0.25) is 0 Å². The molecule has 4 aromatic rings. The number of carbonyl (C=O) groups excluding carboxylic acids is 3. The number of rotatable bonds is 11. The van der Waals surface area contributed by atoms with Gasteiger partial charge in [0.25, 0.3) is 17.5 Å². The van der Waals surface area contributed by atoms with Crippen LogP contribution < -0.4 is 15.4 Å². The van der Waals surface area contributed by atoms with Gasteiger partial charge in [-0.3, -0.25) is 24.5 Å². The van der Waals surface area contributed by atoms with Gasteiger partial charge in [0.15, 0.2) is 5.78 Å². The van der Waals surface area contributed by atoms with Gasteiger partial charge in [0.05, 0.1) is 28.9 Å². The van der Waals surface area contributed by atoms with Crippen molar-refractivity contribution in [2.24, 2.45) is 0 Å². The molecular formula is C31H25N3O6S. The molecule has 0 heterocycles. The molecule has 0 aliphatic heterocycles. The van der Waals surface area contributed by atoms with E-state index in [1.54, 1.807) is 84.9 Å². The molecular weight excluding hydrogens is 542 g/mol. The van der Waals surface area contributed by atoms with Crippen LogP contribution in [0.15, 0.2) is 114 Å². The van der Waals surface area contributed by atoms with E-state index < -0.39 is 16.7 Å². The number of anilines is 1. The third-order valence-electron chi connectivity index (χ3n) is 5.83. The topological polar surface area (TPSA) is 128 Å². The Bertz CT molecular complexity index is 1620. The van der Waals surface area contributed by atoms with Crippen LogP contribution in [0.3, 0.4) is 0 Å². The number of hydrogen-bond acceptors (Lipinski definition) is 7. The second-order valence-electron chi connectivity index (χ2n) is 8.59. The highest BCUT2D eigenvalue weighted by atomic mass is 32.2. The Kier molecular flexibility index (Phi) is 9.63. The first-order valence-electron chi connectivity index (χ1n) is 12.4. The van der Waals surface area contributed by atoms with Gasteiger partial charge in [-0.1, -0.05) is 48.5 Å². The maximum absolute atomic E-state index is 13.4. The molecule has 0 fully saturated rings. The molecule has 0 spiro atoms. The Morgan fingerprint density at radius 2 is 1.61 bits per heavy atom. The Labute approximate surface area is 240 Å². The number of carbonyl (C=O) groups is 3. The number of nitro benzene ring substituents is 1. The zero-order chi connectivity index (χ0) is 29.2. The van der Waals surface area contributed by atoms with Gasteiger partial charge in [-0.15, -0.1) is 11.8 Å². The van der Waals surface area contributed by atoms with Crippen LogP contribution in [0.25, 0.3) is 6.08 Å². The molecule has 0 aliphatic rings. The molecule has 0 saturated heterocycles. The van der Waals surface area contributed by atoms with Gasteiger partial charge in [0.1, 0.15) is 11.4 Å². The largest absolute Gasteiger partial charge is 0.496 e. The Morgan fingerprint density at radius 1 is 0.902 bits per heavy atom. The predicted molar refractivity (Wildman–Crippen MR) is 158 cm³/mol. The van der Waals surface area contributed by atoms with Crippen LogP contribution >= 0.6 is 11.8 Å². The molecule has 2 amide bonds. The van der Waals surface area contributed by atoms with Gasteiger partial charge in [-0.25, -0.2) is 0 Å². The maximum atomic E-state index is 13.4. The fraction of sp³-hybridized carbons (Fsp3) is 0.0645. The molecule has 0 bridgehead atoms. The minimum atomic E-state index is -0.681. The van der Waals surface area contributed by atoms with Gasteiger partial charge in [-0.2, -0.15) is 0 Å². The molecule has 2 N–H and O–H groups in total. The molecule has 0 aliphatic carbocycles. The fourth-order valence-electron chi connectivity index (χ4n) is 3.84.